The molecule has 1 aromatic rings. The van der Waals surface area contributed by atoms with Crippen LogP contribution in [0.5, 0.6) is 0 Å². The van der Waals surface area contributed by atoms with Crippen LogP contribution in [-0.4, -0.2) is 75.5 Å². The van der Waals surface area contributed by atoms with Gasteiger partial charge in [0, 0.05) is 43.5 Å². The molecular weight excluding hydrogens is 498 g/mol. The van der Waals surface area contributed by atoms with Gasteiger partial charge >= 0.3 is 0 Å². The highest BCUT2D eigenvalue weighted by Crippen LogP contribution is 2.16. The smallest absolute Gasteiger partial charge is 0.237 e. The summed E-state index contributed by atoms with van der Waals surface area (Å²) in [6, 6.07) is 7.54. The molecule has 27 heavy (non-hydrogen) atoms. The maximum Gasteiger partial charge on any atom is 0.237 e. The zero-order valence-electron chi connectivity index (χ0n) is 16.6. The van der Waals surface area contributed by atoms with Gasteiger partial charge in [0.1, 0.15) is 0 Å². The Labute approximate surface area is 191 Å². The van der Waals surface area contributed by atoms with Crippen molar-refractivity contribution < 1.29 is 33.3 Å². The molecule has 0 spiro atoms. The van der Waals surface area contributed by atoms with Crippen molar-refractivity contribution in [3.05, 3.63) is 29.8 Å². The van der Waals surface area contributed by atoms with Crippen LogP contribution < -0.4 is 39.9 Å². The molecule has 1 rings (SSSR count). The minimum absolute atomic E-state index is 0. The fourth-order valence-electron chi connectivity index (χ4n) is 2.66. The highest BCUT2D eigenvalue weighted by atomic mass is 127. The van der Waals surface area contributed by atoms with Crippen LogP contribution in [-0.2, 0) is 11.2 Å². The Morgan fingerprint density at radius 3 is 2.19 bits per heavy atom. The molecule has 1 atom stereocenters. The maximum atomic E-state index is 12.1. The first kappa shape index (κ1) is 26.7. The highest BCUT2D eigenvalue weighted by molar-refractivity contribution is 6.18. The highest BCUT2D eigenvalue weighted by Gasteiger charge is 2.15. The van der Waals surface area contributed by atoms with Gasteiger partial charge in [-0.05, 0) is 24.1 Å². The van der Waals surface area contributed by atoms with Gasteiger partial charge in [-0.25, -0.2) is 0 Å². The summed E-state index contributed by atoms with van der Waals surface area (Å²) >= 11 is 11.7. The van der Waals surface area contributed by atoms with Crippen molar-refractivity contribution in [3.63, 3.8) is 0 Å². The summed E-state index contributed by atoms with van der Waals surface area (Å²) in [7, 11) is 6.41. The standard InChI is InChI=1S/C19H32Cl2N4O.HI/c1-25(2,3)14-4-11-23-19(26)18(22)15-16-5-7-17(8-6-16)24(12-9-20)13-10-21;/h5-8,18H,4,9-15,22H2,1-3H3;1H/t18-;/m0./s1. The largest absolute Gasteiger partial charge is 1.00 e. The molecular formula is C19H33Cl2IN4O. The number of hydrogen-bond acceptors (Lipinski definition) is 3. The Bertz CT molecular complexity index is 532. The summed E-state index contributed by atoms with van der Waals surface area (Å²) in [6.45, 7) is 3.18. The molecule has 0 aromatic heterocycles. The number of hydrogen-bond donors (Lipinski definition) is 2. The van der Waals surface area contributed by atoms with Crippen LogP contribution >= 0.6 is 23.2 Å². The van der Waals surface area contributed by atoms with Gasteiger partial charge < -0.3 is 44.4 Å². The van der Waals surface area contributed by atoms with Gasteiger partial charge in [-0.15, -0.1) is 23.2 Å². The van der Waals surface area contributed by atoms with E-state index in [-0.39, 0.29) is 29.9 Å². The van der Waals surface area contributed by atoms with E-state index in [0.29, 0.717) is 24.7 Å². The number of benzene rings is 1. The molecule has 5 nitrogen and oxygen atoms in total. The molecule has 0 radical (unpaired) electrons. The van der Waals surface area contributed by atoms with Crippen molar-refractivity contribution in [2.75, 3.05) is 64.0 Å². The van der Waals surface area contributed by atoms with Crippen LogP contribution in [0.2, 0.25) is 0 Å². The minimum atomic E-state index is -0.535. The van der Waals surface area contributed by atoms with E-state index in [2.05, 4.69) is 31.4 Å². The third-order valence-corrected chi connectivity index (χ3v) is 4.45. The quantitative estimate of drug-likeness (QED) is 0.159. The van der Waals surface area contributed by atoms with E-state index in [9.17, 15) is 4.79 Å². The molecule has 0 saturated heterocycles. The predicted octanol–water partition coefficient (Wildman–Crippen LogP) is -0.943. The summed E-state index contributed by atoms with van der Waals surface area (Å²) in [5.74, 6) is 1.01. The Morgan fingerprint density at radius 1 is 1.15 bits per heavy atom. The molecule has 3 N–H and O–H groups in total. The average molecular weight is 531 g/mol. The number of halogens is 3. The van der Waals surface area contributed by atoms with Crippen LogP contribution in [0, 0.1) is 0 Å². The second-order valence-corrected chi connectivity index (χ2v) is 8.26. The van der Waals surface area contributed by atoms with Crippen LogP contribution in [0.4, 0.5) is 5.69 Å². The molecule has 0 heterocycles. The zero-order valence-corrected chi connectivity index (χ0v) is 20.2. The van der Waals surface area contributed by atoms with Gasteiger partial charge in [0.2, 0.25) is 5.91 Å². The lowest BCUT2D eigenvalue weighted by molar-refractivity contribution is -0.870. The second kappa shape index (κ2) is 13.8. The van der Waals surface area contributed by atoms with Gasteiger partial charge in [0.05, 0.1) is 33.7 Å². The van der Waals surface area contributed by atoms with Crippen LogP contribution in [0.3, 0.4) is 0 Å². The topological polar surface area (TPSA) is 58.4 Å². The van der Waals surface area contributed by atoms with E-state index in [1.165, 1.54) is 0 Å². The Kier molecular flexibility index (Phi) is 13.7. The maximum absolute atomic E-state index is 12.1. The number of carbonyl (C=O) groups excluding carboxylic acids is 1. The SMILES string of the molecule is C[N+](C)(C)CCCNC(=O)[C@@H](N)Cc1ccc(N(CCCl)CCCl)cc1.[I-]. The molecule has 0 saturated carbocycles. The summed E-state index contributed by atoms with van der Waals surface area (Å²) in [5.41, 5.74) is 8.17. The fourth-order valence-corrected chi connectivity index (χ4v) is 3.07. The molecule has 0 aliphatic carbocycles. The Morgan fingerprint density at radius 2 is 1.70 bits per heavy atom. The number of nitrogens with two attached hydrogens (primary N) is 1. The number of alkyl halides is 2. The third-order valence-electron chi connectivity index (χ3n) is 4.11. The zero-order chi connectivity index (χ0) is 19.6. The lowest BCUT2D eigenvalue weighted by Gasteiger charge is -2.24. The molecule has 1 amide bonds. The van der Waals surface area contributed by atoms with E-state index in [1.54, 1.807) is 0 Å². The van der Waals surface area contributed by atoms with Gasteiger partial charge in [0.15, 0.2) is 0 Å². The average Bonchev–Trinajstić information content (AvgIpc) is 2.58. The summed E-state index contributed by atoms with van der Waals surface area (Å²) in [4.78, 5) is 14.3. The number of nitrogens with one attached hydrogen (secondary N) is 1. The summed E-state index contributed by atoms with van der Waals surface area (Å²) in [6.07, 6.45) is 1.46. The van der Waals surface area contributed by atoms with Crippen LogP contribution in [0.1, 0.15) is 12.0 Å². The lowest BCUT2D eigenvalue weighted by atomic mass is 10.1. The van der Waals surface area contributed by atoms with E-state index >= 15 is 0 Å². The molecule has 156 valence electrons. The summed E-state index contributed by atoms with van der Waals surface area (Å²) in [5, 5.41) is 2.93. The molecule has 0 aliphatic heterocycles. The molecule has 0 aliphatic rings. The Hall–Kier alpha value is -0.280. The fraction of sp³-hybridized carbons (Fsp3) is 0.632. The van der Waals surface area contributed by atoms with Crippen molar-refractivity contribution in [2.45, 2.75) is 18.9 Å². The van der Waals surface area contributed by atoms with Crippen LogP contribution in [0.25, 0.3) is 0 Å². The number of rotatable bonds is 12. The summed E-state index contributed by atoms with van der Waals surface area (Å²) < 4.78 is 0.888. The molecule has 8 heteroatoms. The number of quaternary nitrogens is 1. The van der Waals surface area contributed by atoms with Gasteiger partial charge in [-0.1, -0.05) is 12.1 Å². The molecule has 0 unspecified atom stereocenters. The second-order valence-electron chi connectivity index (χ2n) is 7.50. The van der Waals surface area contributed by atoms with Gasteiger partial charge in [0.25, 0.3) is 0 Å². The van der Waals surface area contributed by atoms with Gasteiger partial charge in [-0.2, -0.15) is 0 Å². The first-order chi connectivity index (χ1) is 12.3. The van der Waals surface area contributed by atoms with Gasteiger partial charge in [-0.3, -0.25) is 4.79 Å². The molecule has 1 aromatic carbocycles. The number of anilines is 1. The molecule has 0 bridgehead atoms. The minimum Gasteiger partial charge on any atom is -1.00 e. The van der Waals surface area contributed by atoms with Crippen molar-refractivity contribution >= 4 is 34.8 Å². The van der Waals surface area contributed by atoms with E-state index in [0.717, 1.165) is 41.8 Å². The van der Waals surface area contributed by atoms with Crippen molar-refractivity contribution in [3.8, 4) is 0 Å². The Balaban J connectivity index is 0.00000676. The lowest BCUT2D eigenvalue weighted by Crippen LogP contribution is -3.00. The van der Waals surface area contributed by atoms with Crippen LogP contribution in [0.15, 0.2) is 24.3 Å². The number of nitrogens with zero attached hydrogens (tertiary/aromatic N) is 2. The van der Waals surface area contributed by atoms with E-state index in [1.807, 2.05) is 24.3 Å². The van der Waals surface area contributed by atoms with E-state index < -0.39 is 6.04 Å². The number of carbonyl (C=O) groups is 1. The first-order valence-corrected chi connectivity index (χ1v) is 10.1. The van der Waals surface area contributed by atoms with Crippen molar-refractivity contribution in [1.29, 1.82) is 0 Å². The normalized spacial score (nSPS) is 12.2. The first-order valence-electron chi connectivity index (χ1n) is 9.06. The monoisotopic (exact) mass is 530 g/mol. The van der Waals surface area contributed by atoms with Crippen molar-refractivity contribution in [2.24, 2.45) is 5.73 Å². The third kappa shape index (κ3) is 11.3. The van der Waals surface area contributed by atoms with E-state index in [4.69, 9.17) is 28.9 Å². The number of amides is 1. The predicted molar refractivity (Wildman–Crippen MR) is 112 cm³/mol. The van der Waals surface area contributed by atoms with Crippen molar-refractivity contribution in [1.82, 2.24) is 5.32 Å². The molecule has 0 fully saturated rings.